The Hall–Kier alpha value is -2.27. The average molecular weight is 352 g/mol. The molecule has 1 saturated heterocycles. The molecule has 3 aliphatic heterocycles. The standard InChI is InChI=1S/C21H24N2O3/c1-22-19-8-16-14-5-4-13(25-3)6-18(14)23(2)21(16)20(22)7-15-12(9-24)10-26-11-17(15)19/h4-6,9-10,15,17,19-20H,7-8,11H2,1-3H3. The Balaban J connectivity index is 1.68. The summed E-state index contributed by atoms with van der Waals surface area (Å²) in [6, 6.07) is 7.11. The number of allylic oxidation sites excluding steroid dienone is 1. The highest BCUT2D eigenvalue weighted by Crippen LogP contribution is 2.51. The zero-order chi connectivity index (χ0) is 18.0. The fourth-order valence-corrected chi connectivity index (χ4v) is 5.54. The van der Waals surface area contributed by atoms with Crippen LogP contribution >= 0.6 is 0 Å². The summed E-state index contributed by atoms with van der Waals surface area (Å²) in [6.07, 6.45) is 4.65. The maximum atomic E-state index is 11.6. The number of methoxy groups -OCH3 is 1. The van der Waals surface area contributed by atoms with Gasteiger partial charge in [-0.05, 0) is 43.5 Å². The number of hydrogen-bond donors (Lipinski definition) is 0. The van der Waals surface area contributed by atoms with Crippen LogP contribution in [0.5, 0.6) is 5.75 Å². The van der Waals surface area contributed by atoms with Crippen molar-refractivity contribution in [1.29, 1.82) is 0 Å². The van der Waals surface area contributed by atoms with Crippen molar-refractivity contribution in [3.63, 3.8) is 0 Å². The van der Waals surface area contributed by atoms with E-state index in [4.69, 9.17) is 9.47 Å². The van der Waals surface area contributed by atoms with Crippen LogP contribution in [0, 0.1) is 11.8 Å². The van der Waals surface area contributed by atoms with Crippen molar-refractivity contribution in [3.05, 3.63) is 41.3 Å². The minimum absolute atomic E-state index is 0.299. The highest BCUT2D eigenvalue weighted by molar-refractivity contribution is 5.87. The van der Waals surface area contributed by atoms with Gasteiger partial charge in [-0.25, -0.2) is 0 Å². The summed E-state index contributed by atoms with van der Waals surface area (Å²) >= 11 is 0. The Kier molecular flexibility index (Phi) is 3.44. The third kappa shape index (κ3) is 1.98. The molecule has 26 heavy (non-hydrogen) atoms. The molecule has 5 heteroatoms. The number of aryl methyl sites for hydroxylation is 1. The predicted octanol–water partition coefficient (Wildman–Crippen LogP) is 2.83. The average Bonchev–Trinajstić information content (AvgIpc) is 2.93. The molecule has 3 aliphatic rings. The number of likely N-dealkylation sites (N-methyl/N-ethyl adjacent to an activating group) is 1. The first-order valence-corrected chi connectivity index (χ1v) is 9.28. The van der Waals surface area contributed by atoms with E-state index < -0.39 is 0 Å². The van der Waals surface area contributed by atoms with Crippen molar-refractivity contribution < 1.29 is 14.3 Å². The van der Waals surface area contributed by atoms with E-state index in [9.17, 15) is 4.79 Å². The number of carbonyl (C=O) groups is 1. The van der Waals surface area contributed by atoms with Crippen molar-refractivity contribution in [3.8, 4) is 5.75 Å². The number of benzene rings is 1. The zero-order valence-corrected chi connectivity index (χ0v) is 15.4. The summed E-state index contributed by atoms with van der Waals surface area (Å²) in [7, 11) is 6.09. The molecule has 1 fully saturated rings. The lowest BCUT2D eigenvalue weighted by Gasteiger charge is -2.52. The van der Waals surface area contributed by atoms with Crippen LogP contribution in [0.15, 0.2) is 30.0 Å². The molecule has 0 spiro atoms. The normalized spacial score (nSPS) is 30.2. The molecular weight excluding hydrogens is 328 g/mol. The molecular formula is C21H24N2O3. The number of carbonyl (C=O) groups excluding carboxylic acids is 1. The Labute approximate surface area is 153 Å². The van der Waals surface area contributed by atoms with Gasteiger partial charge in [0.1, 0.15) is 12.0 Å². The lowest BCUT2D eigenvalue weighted by Crippen LogP contribution is -2.55. The summed E-state index contributed by atoms with van der Waals surface area (Å²) in [5.41, 5.74) is 4.90. The summed E-state index contributed by atoms with van der Waals surface area (Å²) < 4.78 is 13.4. The number of ether oxygens (including phenoxy) is 2. The van der Waals surface area contributed by atoms with Gasteiger partial charge < -0.3 is 14.0 Å². The molecule has 4 unspecified atom stereocenters. The quantitative estimate of drug-likeness (QED) is 0.780. The van der Waals surface area contributed by atoms with Gasteiger partial charge in [0.2, 0.25) is 0 Å². The van der Waals surface area contributed by atoms with Gasteiger partial charge in [-0.15, -0.1) is 0 Å². The van der Waals surface area contributed by atoms with E-state index in [1.165, 1.54) is 22.2 Å². The number of aromatic nitrogens is 1. The van der Waals surface area contributed by atoms with Crippen LogP contribution in [0.4, 0.5) is 0 Å². The number of nitrogens with zero attached hydrogens (tertiary/aromatic N) is 2. The Morgan fingerprint density at radius 2 is 2.15 bits per heavy atom. The van der Waals surface area contributed by atoms with Crippen molar-refractivity contribution >= 4 is 17.2 Å². The molecule has 4 atom stereocenters. The summed E-state index contributed by atoms with van der Waals surface area (Å²) in [4.78, 5) is 14.1. The van der Waals surface area contributed by atoms with Crippen LogP contribution in [-0.2, 0) is 23.0 Å². The molecule has 1 aromatic heterocycles. The van der Waals surface area contributed by atoms with Crippen LogP contribution in [0.2, 0.25) is 0 Å². The van der Waals surface area contributed by atoms with Crippen LogP contribution in [0.3, 0.4) is 0 Å². The van der Waals surface area contributed by atoms with Crippen molar-refractivity contribution in [2.24, 2.45) is 18.9 Å². The van der Waals surface area contributed by atoms with Crippen LogP contribution < -0.4 is 4.74 Å². The van der Waals surface area contributed by atoms with Gasteiger partial charge in [0, 0.05) is 41.7 Å². The lowest BCUT2D eigenvalue weighted by molar-refractivity contribution is -0.107. The fourth-order valence-electron chi connectivity index (χ4n) is 5.54. The Morgan fingerprint density at radius 3 is 2.92 bits per heavy atom. The van der Waals surface area contributed by atoms with Gasteiger partial charge in [-0.3, -0.25) is 9.69 Å². The van der Waals surface area contributed by atoms with Gasteiger partial charge in [-0.1, -0.05) is 0 Å². The van der Waals surface area contributed by atoms with E-state index in [-0.39, 0.29) is 0 Å². The molecule has 2 bridgehead atoms. The second-order valence-electron chi connectivity index (χ2n) is 7.83. The predicted molar refractivity (Wildman–Crippen MR) is 99.2 cm³/mol. The smallest absolute Gasteiger partial charge is 0.149 e. The third-order valence-electron chi connectivity index (χ3n) is 6.87. The number of fused-ring (bicyclic) bond motifs is 8. The molecule has 136 valence electrons. The molecule has 2 aromatic rings. The van der Waals surface area contributed by atoms with Gasteiger partial charge in [-0.2, -0.15) is 0 Å². The van der Waals surface area contributed by atoms with Gasteiger partial charge in [0.25, 0.3) is 0 Å². The second kappa shape index (κ2) is 5.61. The SMILES string of the molecule is COc1ccc2c3c(n(C)c2c1)C1CC2C(C=O)=COCC2C(C3)N1C. The van der Waals surface area contributed by atoms with E-state index in [0.29, 0.717) is 30.5 Å². The van der Waals surface area contributed by atoms with Crippen LogP contribution in [-0.4, -0.2) is 42.6 Å². The molecule has 4 heterocycles. The molecule has 0 radical (unpaired) electrons. The van der Waals surface area contributed by atoms with E-state index in [1.807, 2.05) is 0 Å². The minimum Gasteiger partial charge on any atom is -0.500 e. The van der Waals surface area contributed by atoms with Gasteiger partial charge >= 0.3 is 0 Å². The number of rotatable bonds is 2. The first kappa shape index (κ1) is 15.9. The summed E-state index contributed by atoms with van der Waals surface area (Å²) in [5, 5.41) is 1.33. The number of hydrogen-bond acceptors (Lipinski definition) is 4. The first-order chi connectivity index (χ1) is 12.6. The maximum absolute atomic E-state index is 11.6. The Bertz CT molecular complexity index is 929. The van der Waals surface area contributed by atoms with Crippen molar-refractivity contribution in [2.45, 2.75) is 24.9 Å². The molecule has 0 saturated carbocycles. The number of piperidine rings is 1. The lowest BCUT2D eigenvalue weighted by atomic mass is 9.68. The van der Waals surface area contributed by atoms with E-state index in [1.54, 1.807) is 13.4 Å². The summed E-state index contributed by atoms with van der Waals surface area (Å²) in [6.45, 7) is 0.706. The summed E-state index contributed by atoms with van der Waals surface area (Å²) in [5.74, 6) is 1.57. The Morgan fingerprint density at radius 1 is 1.31 bits per heavy atom. The molecule has 0 N–H and O–H groups in total. The fraction of sp³-hybridized carbons (Fsp3) is 0.476. The topological polar surface area (TPSA) is 43.7 Å². The van der Waals surface area contributed by atoms with Crippen LogP contribution in [0.25, 0.3) is 10.9 Å². The van der Waals surface area contributed by atoms with Crippen molar-refractivity contribution in [1.82, 2.24) is 9.47 Å². The molecule has 0 aliphatic carbocycles. The monoisotopic (exact) mass is 352 g/mol. The highest BCUT2D eigenvalue weighted by atomic mass is 16.5. The number of aldehydes is 1. The minimum atomic E-state index is 0.299. The molecule has 5 nitrogen and oxygen atoms in total. The van der Waals surface area contributed by atoms with E-state index in [2.05, 4.69) is 41.8 Å². The first-order valence-electron chi connectivity index (χ1n) is 9.28. The molecule has 1 aromatic carbocycles. The maximum Gasteiger partial charge on any atom is 0.149 e. The third-order valence-corrected chi connectivity index (χ3v) is 6.87. The second-order valence-corrected chi connectivity index (χ2v) is 7.83. The zero-order valence-electron chi connectivity index (χ0n) is 15.4. The molecule has 5 rings (SSSR count). The van der Waals surface area contributed by atoms with Gasteiger partial charge in [0.05, 0.1) is 31.5 Å². The van der Waals surface area contributed by atoms with Crippen molar-refractivity contribution in [2.75, 3.05) is 20.8 Å². The highest BCUT2D eigenvalue weighted by Gasteiger charge is 2.49. The van der Waals surface area contributed by atoms with E-state index in [0.717, 1.165) is 30.5 Å². The van der Waals surface area contributed by atoms with Crippen LogP contribution in [0.1, 0.15) is 23.7 Å². The molecule has 0 amide bonds. The van der Waals surface area contributed by atoms with Gasteiger partial charge in [0.15, 0.2) is 0 Å². The van der Waals surface area contributed by atoms with E-state index >= 15 is 0 Å². The largest absolute Gasteiger partial charge is 0.500 e.